The average molecular weight is 344 g/mol. The molecular formula is C21H20N4O. The highest BCUT2D eigenvalue weighted by molar-refractivity contribution is 5.95. The Bertz CT molecular complexity index is 931. The molecule has 0 unspecified atom stereocenters. The lowest BCUT2D eigenvalue weighted by Crippen LogP contribution is -2.10. The zero-order valence-electron chi connectivity index (χ0n) is 14.2. The van der Waals surface area contributed by atoms with Crippen molar-refractivity contribution in [3.63, 3.8) is 0 Å². The van der Waals surface area contributed by atoms with Crippen LogP contribution in [0.5, 0.6) is 5.75 Å². The van der Waals surface area contributed by atoms with Crippen LogP contribution in [0.15, 0.2) is 72.8 Å². The smallest absolute Gasteiger partial charge is 0.122 e. The van der Waals surface area contributed by atoms with Gasteiger partial charge in [0.15, 0.2) is 0 Å². The van der Waals surface area contributed by atoms with Crippen LogP contribution in [-0.2, 0) is 6.61 Å². The summed E-state index contributed by atoms with van der Waals surface area (Å²) in [6.07, 6.45) is 0. The molecule has 0 aromatic heterocycles. The van der Waals surface area contributed by atoms with E-state index in [1.165, 1.54) is 0 Å². The number of benzene rings is 3. The molecular weight excluding hydrogens is 324 g/mol. The molecule has 0 aliphatic carbocycles. The van der Waals surface area contributed by atoms with E-state index in [0.717, 1.165) is 22.4 Å². The molecule has 3 rings (SSSR count). The Morgan fingerprint density at radius 3 is 1.88 bits per heavy atom. The van der Waals surface area contributed by atoms with E-state index >= 15 is 0 Å². The van der Waals surface area contributed by atoms with Gasteiger partial charge in [0.25, 0.3) is 0 Å². The SMILES string of the molecule is N=C(N)c1ccc(OCc2cccc(-c3ccc(C(=N)N)cc3)c2)cc1. The van der Waals surface area contributed by atoms with Gasteiger partial charge in [-0.3, -0.25) is 10.8 Å². The molecule has 0 amide bonds. The topological polar surface area (TPSA) is 109 Å². The van der Waals surface area contributed by atoms with Crippen LogP contribution in [0.25, 0.3) is 11.1 Å². The van der Waals surface area contributed by atoms with Gasteiger partial charge in [-0.1, -0.05) is 42.5 Å². The first-order valence-electron chi connectivity index (χ1n) is 8.14. The summed E-state index contributed by atoms with van der Waals surface area (Å²) in [6.45, 7) is 0.443. The van der Waals surface area contributed by atoms with Gasteiger partial charge < -0.3 is 16.2 Å². The minimum atomic E-state index is 0.0417. The maximum absolute atomic E-state index is 7.46. The van der Waals surface area contributed by atoms with Crippen LogP contribution in [-0.4, -0.2) is 11.7 Å². The number of nitrogen functional groups attached to an aromatic ring is 2. The van der Waals surface area contributed by atoms with Crippen molar-refractivity contribution in [2.75, 3.05) is 0 Å². The molecule has 130 valence electrons. The summed E-state index contributed by atoms with van der Waals surface area (Å²) >= 11 is 0. The van der Waals surface area contributed by atoms with Gasteiger partial charge in [-0.25, -0.2) is 0 Å². The zero-order valence-corrected chi connectivity index (χ0v) is 14.2. The molecule has 0 heterocycles. The molecule has 5 heteroatoms. The fourth-order valence-electron chi connectivity index (χ4n) is 2.58. The third kappa shape index (κ3) is 4.08. The van der Waals surface area contributed by atoms with Crippen LogP contribution in [0, 0.1) is 10.8 Å². The highest BCUT2D eigenvalue weighted by atomic mass is 16.5. The maximum Gasteiger partial charge on any atom is 0.122 e. The molecule has 0 fully saturated rings. The van der Waals surface area contributed by atoms with E-state index < -0.39 is 0 Å². The largest absolute Gasteiger partial charge is 0.489 e. The monoisotopic (exact) mass is 344 g/mol. The summed E-state index contributed by atoms with van der Waals surface area (Å²) in [5, 5.41) is 14.9. The Hall–Kier alpha value is -3.60. The molecule has 6 N–H and O–H groups in total. The Morgan fingerprint density at radius 1 is 0.731 bits per heavy atom. The van der Waals surface area contributed by atoms with Crippen molar-refractivity contribution >= 4 is 11.7 Å². The van der Waals surface area contributed by atoms with Crippen LogP contribution in [0.1, 0.15) is 16.7 Å². The van der Waals surface area contributed by atoms with Gasteiger partial charge in [-0.15, -0.1) is 0 Å². The van der Waals surface area contributed by atoms with Crippen LogP contribution in [0.2, 0.25) is 0 Å². The molecule has 0 atom stereocenters. The number of amidine groups is 2. The highest BCUT2D eigenvalue weighted by Crippen LogP contribution is 2.22. The third-order valence-corrected chi connectivity index (χ3v) is 4.03. The number of hydrogen-bond donors (Lipinski definition) is 4. The number of hydrogen-bond acceptors (Lipinski definition) is 3. The molecule has 0 radical (unpaired) electrons. The molecule has 5 nitrogen and oxygen atoms in total. The van der Waals surface area contributed by atoms with Gasteiger partial charge in [0, 0.05) is 11.1 Å². The summed E-state index contributed by atoms with van der Waals surface area (Å²) in [7, 11) is 0. The maximum atomic E-state index is 7.46. The molecule has 0 spiro atoms. The molecule has 3 aromatic carbocycles. The lowest BCUT2D eigenvalue weighted by atomic mass is 10.0. The van der Waals surface area contributed by atoms with Gasteiger partial charge in [0.2, 0.25) is 0 Å². The third-order valence-electron chi connectivity index (χ3n) is 4.03. The summed E-state index contributed by atoms with van der Waals surface area (Å²) in [6, 6.07) is 22.9. The summed E-state index contributed by atoms with van der Waals surface area (Å²) < 4.78 is 5.81. The van der Waals surface area contributed by atoms with E-state index in [2.05, 4.69) is 6.07 Å². The molecule has 3 aromatic rings. The van der Waals surface area contributed by atoms with Gasteiger partial charge in [0.1, 0.15) is 24.0 Å². The first kappa shape index (κ1) is 17.2. The molecule has 0 bridgehead atoms. The van der Waals surface area contributed by atoms with Gasteiger partial charge in [-0.2, -0.15) is 0 Å². The van der Waals surface area contributed by atoms with E-state index in [0.29, 0.717) is 17.7 Å². The van der Waals surface area contributed by atoms with Crippen molar-refractivity contribution in [1.29, 1.82) is 10.8 Å². The van der Waals surface area contributed by atoms with E-state index in [1.807, 2.05) is 42.5 Å². The predicted molar refractivity (Wildman–Crippen MR) is 105 cm³/mol. The minimum Gasteiger partial charge on any atom is -0.489 e. The molecule has 0 aliphatic heterocycles. The predicted octanol–water partition coefficient (Wildman–Crippen LogP) is 3.50. The lowest BCUT2D eigenvalue weighted by Gasteiger charge is -2.09. The van der Waals surface area contributed by atoms with E-state index in [4.69, 9.17) is 27.0 Å². The van der Waals surface area contributed by atoms with Crippen molar-refractivity contribution in [3.8, 4) is 16.9 Å². The van der Waals surface area contributed by atoms with Crippen LogP contribution >= 0.6 is 0 Å². The van der Waals surface area contributed by atoms with E-state index in [9.17, 15) is 0 Å². The molecule has 0 saturated carbocycles. The number of nitrogens with two attached hydrogens (primary N) is 2. The highest BCUT2D eigenvalue weighted by Gasteiger charge is 2.03. The number of ether oxygens (including phenoxy) is 1. The quantitative estimate of drug-likeness (QED) is 0.406. The van der Waals surface area contributed by atoms with Crippen molar-refractivity contribution in [2.45, 2.75) is 6.61 Å². The first-order valence-corrected chi connectivity index (χ1v) is 8.14. The Kier molecular flexibility index (Phi) is 4.99. The number of rotatable bonds is 6. The Balaban J connectivity index is 1.71. The second-order valence-corrected chi connectivity index (χ2v) is 5.92. The van der Waals surface area contributed by atoms with Crippen molar-refractivity contribution in [2.24, 2.45) is 11.5 Å². The van der Waals surface area contributed by atoms with Crippen LogP contribution < -0.4 is 16.2 Å². The first-order chi connectivity index (χ1) is 12.5. The second kappa shape index (κ2) is 7.53. The van der Waals surface area contributed by atoms with E-state index in [1.54, 1.807) is 24.3 Å². The summed E-state index contributed by atoms with van der Waals surface area (Å²) in [4.78, 5) is 0. The van der Waals surface area contributed by atoms with Crippen LogP contribution in [0.4, 0.5) is 0 Å². The van der Waals surface area contributed by atoms with Crippen LogP contribution in [0.3, 0.4) is 0 Å². The summed E-state index contributed by atoms with van der Waals surface area (Å²) in [5.41, 5.74) is 15.5. The van der Waals surface area contributed by atoms with Crippen molar-refractivity contribution in [3.05, 3.63) is 89.5 Å². The fraction of sp³-hybridized carbons (Fsp3) is 0.0476. The van der Waals surface area contributed by atoms with Gasteiger partial charge in [0.05, 0.1) is 0 Å². The Morgan fingerprint density at radius 2 is 1.31 bits per heavy atom. The second-order valence-electron chi connectivity index (χ2n) is 5.92. The average Bonchev–Trinajstić information content (AvgIpc) is 2.67. The lowest BCUT2D eigenvalue weighted by molar-refractivity contribution is 0.306. The number of nitrogens with one attached hydrogen (secondary N) is 2. The standard InChI is InChI=1S/C21H20N4O/c22-20(23)16-6-4-15(5-7-16)18-3-1-2-14(12-18)13-26-19-10-8-17(9-11-19)21(24)25/h1-12H,13H2,(H3,22,23)(H3,24,25). The van der Waals surface area contributed by atoms with Gasteiger partial charge >= 0.3 is 0 Å². The molecule has 0 saturated heterocycles. The zero-order chi connectivity index (χ0) is 18.5. The fourth-order valence-corrected chi connectivity index (χ4v) is 2.58. The Labute approximate surface area is 152 Å². The normalized spacial score (nSPS) is 10.3. The van der Waals surface area contributed by atoms with Crippen molar-refractivity contribution in [1.82, 2.24) is 0 Å². The van der Waals surface area contributed by atoms with Crippen molar-refractivity contribution < 1.29 is 4.74 Å². The van der Waals surface area contributed by atoms with Gasteiger partial charge in [-0.05, 0) is 47.0 Å². The van der Waals surface area contributed by atoms with E-state index in [-0.39, 0.29) is 11.7 Å². The molecule has 26 heavy (non-hydrogen) atoms. The summed E-state index contributed by atoms with van der Waals surface area (Å²) in [5.74, 6) is 0.834. The minimum absolute atomic E-state index is 0.0417. The molecule has 0 aliphatic rings.